The zero-order valence-corrected chi connectivity index (χ0v) is 11.8. The first kappa shape index (κ1) is 14.8. The van der Waals surface area contributed by atoms with Crippen LogP contribution in [0.2, 0.25) is 0 Å². The molecule has 0 aliphatic heterocycles. The number of rotatable bonds is 4. The number of anilines is 1. The molecule has 1 heterocycles. The summed E-state index contributed by atoms with van der Waals surface area (Å²) in [5.41, 5.74) is 1.98. The summed E-state index contributed by atoms with van der Waals surface area (Å²) in [5, 5.41) is 37.3. The SMILES string of the molecule is CCc1cn(-c2ccc(NC(C#N)=C(C#N)C#N)cc2)nn1. The van der Waals surface area contributed by atoms with Gasteiger partial charge in [0.1, 0.15) is 23.9 Å². The van der Waals surface area contributed by atoms with Crippen molar-refractivity contribution in [2.75, 3.05) is 5.32 Å². The fraction of sp³-hybridized carbons (Fsp3) is 0.133. The quantitative estimate of drug-likeness (QED) is 0.861. The van der Waals surface area contributed by atoms with Crippen LogP contribution in [0.1, 0.15) is 12.6 Å². The van der Waals surface area contributed by atoms with Gasteiger partial charge in [0.2, 0.25) is 0 Å². The van der Waals surface area contributed by atoms with E-state index in [1.165, 1.54) is 0 Å². The number of benzene rings is 1. The number of nitrogens with one attached hydrogen (secondary N) is 1. The van der Waals surface area contributed by atoms with Gasteiger partial charge in [0.25, 0.3) is 0 Å². The fourth-order valence-corrected chi connectivity index (χ4v) is 1.71. The van der Waals surface area contributed by atoms with Crippen molar-refractivity contribution in [2.45, 2.75) is 13.3 Å². The van der Waals surface area contributed by atoms with Crippen LogP contribution in [0, 0.1) is 34.0 Å². The summed E-state index contributed by atoms with van der Waals surface area (Å²) < 4.78 is 1.65. The van der Waals surface area contributed by atoms with E-state index >= 15 is 0 Å². The highest BCUT2D eigenvalue weighted by Crippen LogP contribution is 2.15. The van der Waals surface area contributed by atoms with Gasteiger partial charge in [0.05, 0.1) is 17.6 Å². The van der Waals surface area contributed by atoms with Crippen molar-refractivity contribution >= 4 is 5.69 Å². The van der Waals surface area contributed by atoms with Crippen LogP contribution >= 0.6 is 0 Å². The van der Waals surface area contributed by atoms with Gasteiger partial charge in [0.15, 0.2) is 5.57 Å². The standard InChI is InChI=1S/C15H11N7/c1-2-12-10-22(21-20-12)14-5-3-13(4-6-14)19-15(9-18)11(7-16)8-17/h3-6,10,19H,2H2,1H3. The Hall–Kier alpha value is -3.63. The smallest absolute Gasteiger partial charge is 0.163 e. The molecule has 0 bridgehead atoms. The molecule has 1 aromatic carbocycles. The molecule has 2 rings (SSSR count). The molecule has 0 radical (unpaired) electrons. The molecule has 0 amide bonds. The third kappa shape index (κ3) is 3.09. The Morgan fingerprint density at radius 2 is 1.82 bits per heavy atom. The van der Waals surface area contributed by atoms with E-state index in [4.69, 9.17) is 15.8 Å². The van der Waals surface area contributed by atoms with Crippen molar-refractivity contribution in [1.29, 1.82) is 15.8 Å². The number of aromatic nitrogens is 3. The Bertz CT molecular complexity index is 807. The lowest BCUT2D eigenvalue weighted by Crippen LogP contribution is -2.01. The van der Waals surface area contributed by atoms with Crippen molar-refractivity contribution in [1.82, 2.24) is 15.0 Å². The van der Waals surface area contributed by atoms with Gasteiger partial charge in [-0.3, -0.25) is 0 Å². The first-order valence-electron chi connectivity index (χ1n) is 6.45. The van der Waals surface area contributed by atoms with E-state index in [1.807, 2.05) is 13.1 Å². The largest absolute Gasteiger partial charge is 0.345 e. The van der Waals surface area contributed by atoms with Gasteiger partial charge in [-0.1, -0.05) is 12.1 Å². The molecule has 106 valence electrons. The van der Waals surface area contributed by atoms with Gasteiger partial charge < -0.3 is 5.32 Å². The predicted octanol–water partition coefficient (Wildman–Crippen LogP) is 2.07. The van der Waals surface area contributed by atoms with Crippen molar-refractivity contribution in [2.24, 2.45) is 0 Å². The molecule has 0 aliphatic rings. The number of nitrogens with zero attached hydrogens (tertiary/aromatic N) is 6. The van der Waals surface area contributed by atoms with Crippen LogP contribution in [-0.2, 0) is 6.42 Å². The maximum atomic E-state index is 8.99. The van der Waals surface area contributed by atoms with Crippen LogP contribution in [0.15, 0.2) is 41.7 Å². The van der Waals surface area contributed by atoms with Gasteiger partial charge in [0, 0.05) is 5.69 Å². The lowest BCUT2D eigenvalue weighted by atomic mass is 10.2. The van der Waals surface area contributed by atoms with Gasteiger partial charge >= 0.3 is 0 Å². The minimum absolute atomic E-state index is 0.0771. The fourth-order valence-electron chi connectivity index (χ4n) is 1.71. The molecule has 0 saturated heterocycles. The number of hydrogen-bond acceptors (Lipinski definition) is 6. The van der Waals surface area contributed by atoms with Gasteiger partial charge in [-0.05, 0) is 30.7 Å². The van der Waals surface area contributed by atoms with Crippen LogP contribution in [0.5, 0.6) is 0 Å². The number of hydrogen-bond donors (Lipinski definition) is 1. The summed E-state index contributed by atoms with van der Waals surface area (Å²) in [4.78, 5) is 0. The molecule has 7 heteroatoms. The summed E-state index contributed by atoms with van der Waals surface area (Å²) in [6, 6.07) is 12.2. The Labute approximate surface area is 127 Å². The zero-order chi connectivity index (χ0) is 15.9. The van der Waals surface area contributed by atoms with E-state index in [0.717, 1.165) is 17.8 Å². The zero-order valence-electron chi connectivity index (χ0n) is 11.8. The number of nitriles is 3. The average molecular weight is 289 g/mol. The van der Waals surface area contributed by atoms with E-state index in [9.17, 15) is 0 Å². The van der Waals surface area contributed by atoms with Gasteiger partial charge in [-0.25, -0.2) is 4.68 Å². The lowest BCUT2D eigenvalue weighted by molar-refractivity contribution is 0.798. The molecule has 0 atom stereocenters. The highest BCUT2D eigenvalue weighted by Gasteiger charge is 2.06. The molecule has 2 aromatic rings. The first-order chi connectivity index (χ1) is 10.7. The maximum Gasteiger partial charge on any atom is 0.163 e. The highest BCUT2D eigenvalue weighted by molar-refractivity contribution is 5.59. The predicted molar refractivity (Wildman–Crippen MR) is 78.2 cm³/mol. The summed E-state index contributed by atoms with van der Waals surface area (Å²) in [7, 11) is 0. The Morgan fingerprint density at radius 3 is 2.32 bits per heavy atom. The van der Waals surface area contributed by atoms with Crippen molar-refractivity contribution in [3.05, 3.63) is 47.4 Å². The highest BCUT2D eigenvalue weighted by atomic mass is 15.4. The van der Waals surface area contributed by atoms with Crippen molar-refractivity contribution < 1.29 is 0 Å². The van der Waals surface area contributed by atoms with E-state index < -0.39 is 0 Å². The lowest BCUT2D eigenvalue weighted by Gasteiger charge is -2.06. The molecule has 22 heavy (non-hydrogen) atoms. The molecule has 1 aromatic heterocycles. The second-order valence-electron chi connectivity index (χ2n) is 4.27. The Kier molecular flexibility index (Phi) is 4.49. The topological polar surface area (TPSA) is 114 Å². The normalized spacial score (nSPS) is 9.18. The van der Waals surface area contributed by atoms with Gasteiger partial charge in [-0.2, -0.15) is 15.8 Å². The van der Waals surface area contributed by atoms with Crippen LogP contribution < -0.4 is 5.32 Å². The molecule has 1 N–H and O–H groups in total. The first-order valence-corrected chi connectivity index (χ1v) is 6.45. The van der Waals surface area contributed by atoms with Gasteiger partial charge in [-0.15, -0.1) is 5.10 Å². The van der Waals surface area contributed by atoms with Crippen LogP contribution in [-0.4, -0.2) is 15.0 Å². The van der Waals surface area contributed by atoms with E-state index in [-0.39, 0.29) is 11.3 Å². The molecule has 0 aliphatic carbocycles. The summed E-state index contributed by atoms with van der Waals surface area (Å²) in [5.74, 6) is 0. The van der Waals surface area contributed by atoms with E-state index in [0.29, 0.717) is 5.69 Å². The number of allylic oxidation sites excluding steroid dienone is 2. The molecule has 0 spiro atoms. The molecule has 0 unspecified atom stereocenters. The van der Waals surface area contributed by atoms with Crippen LogP contribution in [0.4, 0.5) is 5.69 Å². The van der Waals surface area contributed by atoms with Crippen molar-refractivity contribution in [3.8, 4) is 23.9 Å². The average Bonchev–Trinajstić information content (AvgIpc) is 3.04. The second kappa shape index (κ2) is 6.69. The third-order valence-corrected chi connectivity index (χ3v) is 2.89. The van der Waals surface area contributed by atoms with Crippen LogP contribution in [0.25, 0.3) is 5.69 Å². The van der Waals surface area contributed by atoms with Crippen LogP contribution in [0.3, 0.4) is 0 Å². The molecule has 7 nitrogen and oxygen atoms in total. The van der Waals surface area contributed by atoms with Crippen molar-refractivity contribution in [3.63, 3.8) is 0 Å². The minimum Gasteiger partial charge on any atom is -0.345 e. The van der Waals surface area contributed by atoms with E-state index in [1.54, 1.807) is 47.2 Å². The molecular weight excluding hydrogens is 278 g/mol. The minimum atomic E-state index is -0.254. The Balaban J connectivity index is 2.23. The summed E-state index contributed by atoms with van der Waals surface area (Å²) in [6.45, 7) is 2.00. The van der Waals surface area contributed by atoms with E-state index in [2.05, 4.69) is 15.6 Å². The monoisotopic (exact) mass is 289 g/mol. The third-order valence-electron chi connectivity index (χ3n) is 2.89. The second-order valence-corrected chi connectivity index (χ2v) is 4.27. The summed E-state index contributed by atoms with van der Waals surface area (Å²) in [6.07, 6.45) is 2.65. The number of aryl methyl sites for hydroxylation is 1. The molecule has 0 fully saturated rings. The molecule has 0 saturated carbocycles. The molecular formula is C15H11N7. The Morgan fingerprint density at radius 1 is 1.14 bits per heavy atom. The maximum absolute atomic E-state index is 8.99. The summed E-state index contributed by atoms with van der Waals surface area (Å²) >= 11 is 0.